The van der Waals surface area contributed by atoms with Crippen LogP contribution in [0.4, 0.5) is 0 Å². The summed E-state index contributed by atoms with van der Waals surface area (Å²) in [5.74, 6) is 0.0463. The monoisotopic (exact) mass is 437 g/mol. The van der Waals surface area contributed by atoms with Crippen LogP contribution in [0.1, 0.15) is 57.0 Å². The lowest BCUT2D eigenvalue weighted by molar-refractivity contribution is 0.0733. The second kappa shape index (κ2) is 7.96. The zero-order valence-electron chi connectivity index (χ0n) is 16.8. The lowest BCUT2D eigenvalue weighted by Gasteiger charge is -2.22. The van der Waals surface area contributed by atoms with Crippen LogP contribution in [0.15, 0.2) is 41.1 Å². The van der Waals surface area contributed by atoms with Crippen molar-refractivity contribution in [1.82, 2.24) is 15.2 Å². The summed E-state index contributed by atoms with van der Waals surface area (Å²) in [6, 6.07) is 10.3. The molecule has 2 aromatic heterocycles. The summed E-state index contributed by atoms with van der Waals surface area (Å²) in [6.07, 6.45) is 4.24. The number of aromatic nitrogens is 1. The van der Waals surface area contributed by atoms with Crippen LogP contribution in [0, 0.1) is 6.92 Å². The molecule has 2 fully saturated rings. The average molecular weight is 438 g/mol. The number of thiophene rings is 1. The first kappa shape index (κ1) is 19.5. The van der Waals surface area contributed by atoms with E-state index in [9.17, 15) is 9.59 Å². The molecule has 2 saturated carbocycles. The first-order chi connectivity index (χ1) is 14.6. The number of hydrogen-bond acceptors (Lipinski definition) is 5. The van der Waals surface area contributed by atoms with Crippen molar-refractivity contribution in [1.29, 1.82) is 0 Å². The molecule has 5 nitrogen and oxygen atoms in total. The Morgan fingerprint density at radius 1 is 1.13 bits per heavy atom. The van der Waals surface area contributed by atoms with Crippen LogP contribution in [0.3, 0.4) is 0 Å². The maximum atomic E-state index is 13.4. The van der Waals surface area contributed by atoms with Gasteiger partial charge in [0, 0.05) is 35.1 Å². The molecule has 1 N–H and O–H groups in total. The SMILES string of the molecule is Cc1nc(-c2ccsc2)sc1C(=O)N(Cc1ccc(C(=O)NC2CC2)cc1)C1CC1. The van der Waals surface area contributed by atoms with E-state index in [1.165, 1.54) is 11.3 Å². The minimum Gasteiger partial charge on any atom is -0.349 e. The number of hydrogen-bond donors (Lipinski definition) is 1. The van der Waals surface area contributed by atoms with E-state index in [1.807, 2.05) is 47.5 Å². The first-order valence-electron chi connectivity index (χ1n) is 10.3. The fourth-order valence-corrected chi connectivity index (χ4v) is 5.18. The molecule has 7 heteroatoms. The fraction of sp³-hybridized carbons (Fsp3) is 0.348. The highest BCUT2D eigenvalue weighted by Crippen LogP contribution is 2.34. The third-order valence-corrected chi connectivity index (χ3v) is 7.37. The molecule has 5 rings (SSSR count). The standard InChI is InChI=1S/C23H23N3O2S2/c1-14-20(30-22(24-14)17-10-11-29-13-17)23(28)26(19-8-9-19)12-15-2-4-16(5-3-15)21(27)25-18-6-7-18/h2-5,10-11,13,18-19H,6-9,12H2,1H3,(H,25,27). The molecule has 2 heterocycles. The van der Waals surface area contributed by atoms with Gasteiger partial charge in [0.15, 0.2) is 0 Å². The number of aryl methyl sites for hydroxylation is 1. The Bertz CT molecular complexity index is 1060. The number of thiazole rings is 1. The van der Waals surface area contributed by atoms with Gasteiger partial charge in [0.05, 0.1) is 5.69 Å². The predicted molar refractivity (Wildman–Crippen MR) is 120 cm³/mol. The molecule has 0 radical (unpaired) electrons. The number of nitrogens with one attached hydrogen (secondary N) is 1. The summed E-state index contributed by atoms with van der Waals surface area (Å²) in [7, 11) is 0. The van der Waals surface area contributed by atoms with Gasteiger partial charge in [-0.05, 0) is 61.7 Å². The maximum Gasteiger partial charge on any atom is 0.266 e. The van der Waals surface area contributed by atoms with Crippen molar-refractivity contribution >= 4 is 34.5 Å². The number of amides is 2. The second-order valence-corrected chi connectivity index (χ2v) is 9.83. The van der Waals surface area contributed by atoms with Crippen molar-refractivity contribution in [2.75, 3.05) is 0 Å². The number of nitrogens with zero attached hydrogens (tertiary/aromatic N) is 2. The third kappa shape index (κ3) is 4.18. The molecule has 0 spiro atoms. The summed E-state index contributed by atoms with van der Waals surface area (Å²) >= 11 is 3.11. The van der Waals surface area contributed by atoms with E-state index in [0.29, 0.717) is 24.2 Å². The average Bonchev–Trinajstić information content (AvgIpc) is 3.66. The summed E-state index contributed by atoms with van der Waals surface area (Å²) in [5.41, 5.74) is 3.58. The van der Waals surface area contributed by atoms with Gasteiger partial charge in [-0.15, -0.1) is 11.3 Å². The van der Waals surface area contributed by atoms with E-state index in [2.05, 4.69) is 15.7 Å². The highest BCUT2D eigenvalue weighted by molar-refractivity contribution is 7.17. The second-order valence-electron chi connectivity index (χ2n) is 8.05. The van der Waals surface area contributed by atoms with Gasteiger partial charge >= 0.3 is 0 Å². The topological polar surface area (TPSA) is 62.3 Å². The van der Waals surface area contributed by atoms with Crippen LogP contribution in [0.5, 0.6) is 0 Å². The Hall–Kier alpha value is -2.51. The molecule has 2 amide bonds. The Morgan fingerprint density at radius 2 is 1.90 bits per heavy atom. The highest BCUT2D eigenvalue weighted by Gasteiger charge is 2.34. The number of carbonyl (C=O) groups excluding carboxylic acids is 2. The lowest BCUT2D eigenvalue weighted by Crippen LogP contribution is -2.32. The predicted octanol–water partition coefficient (Wildman–Crippen LogP) is 4.88. The molecule has 30 heavy (non-hydrogen) atoms. The zero-order valence-corrected chi connectivity index (χ0v) is 18.4. The van der Waals surface area contributed by atoms with Crippen LogP contribution in [0.2, 0.25) is 0 Å². The largest absolute Gasteiger partial charge is 0.349 e. The molecule has 1 aromatic carbocycles. The van der Waals surface area contributed by atoms with Crippen molar-refractivity contribution in [3.63, 3.8) is 0 Å². The lowest BCUT2D eigenvalue weighted by atomic mass is 10.1. The van der Waals surface area contributed by atoms with Crippen molar-refractivity contribution in [2.24, 2.45) is 0 Å². The molecule has 0 atom stereocenters. The summed E-state index contributed by atoms with van der Waals surface area (Å²) in [6.45, 7) is 2.47. The maximum absolute atomic E-state index is 13.4. The van der Waals surface area contributed by atoms with E-state index in [1.54, 1.807) is 11.3 Å². The summed E-state index contributed by atoms with van der Waals surface area (Å²) in [5, 5.41) is 8.00. The molecule has 0 bridgehead atoms. The minimum absolute atomic E-state index is 0.0135. The van der Waals surface area contributed by atoms with Crippen molar-refractivity contribution in [3.8, 4) is 10.6 Å². The van der Waals surface area contributed by atoms with E-state index in [-0.39, 0.29) is 11.8 Å². The molecule has 0 unspecified atom stereocenters. The van der Waals surface area contributed by atoms with Crippen molar-refractivity contribution < 1.29 is 9.59 Å². The molecule has 3 aromatic rings. The van der Waals surface area contributed by atoms with E-state index >= 15 is 0 Å². The molecule has 0 saturated heterocycles. The minimum atomic E-state index is -0.0135. The smallest absolute Gasteiger partial charge is 0.266 e. The van der Waals surface area contributed by atoms with Gasteiger partial charge < -0.3 is 10.2 Å². The van der Waals surface area contributed by atoms with Crippen molar-refractivity contribution in [3.05, 3.63) is 62.8 Å². The van der Waals surface area contributed by atoms with Gasteiger partial charge in [0.1, 0.15) is 9.88 Å². The van der Waals surface area contributed by atoms with Crippen LogP contribution >= 0.6 is 22.7 Å². The van der Waals surface area contributed by atoms with E-state index in [4.69, 9.17) is 0 Å². The van der Waals surface area contributed by atoms with Gasteiger partial charge in [-0.1, -0.05) is 12.1 Å². The van der Waals surface area contributed by atoms with Crippen LogP contribution in [-0.2, 0) is 6.54 Å². The fourth-order valence-electron chi connectivity index (χ4n) is 3.44. The van der Waals surface area contributed by atoms with Gasteiger partial charge in [-0.25, -0.2) is 4.98 Å². The van der Waals surface area contributed by atoms with E-state index < -0.39 is 0 Å². The van der Waals surface area contributed by atoms with Crippen molar-refractivity contribution in [2.45, 2.75) is 51.2 Å². The normalized spacial score (nSPS) is 15.8. The van der Waals surface area contributed by atoms with Gasteiger partial charge in [0.2, 0.25) is 0 Å². The molecule has 2 aliphatic rings. The van der Waals surface area contributed by atoms with Gasteiger partial charge in [0.25, 0.3) is 11.8 Å². The van der Waals surface area contributed by atoms with Crippen LogP contribution in [-0.4, -0.2) is 33.8 Å². The number of carbonyl (C=O) groups is 2. The Morgan fingerprint density at radius 3 is 2.53 bits per heavy atom. The quantitative estimate of drug-likeness (QED) is 0.573. The summed E-state index contributed by atoms with van der Waals surface area (Å²) in [4.78, 5) is 32.9. The van der Waals surface area contributed by atoms with Gasteiger partial charge in [-0.3, -0.25) is 9.59 Å². The Balaban J connectivity index is 1.32. The zero-order chi connectivity index (χ0) is 20.7. The van der Waals surface area contributed by atoms with Crippen LogP contribution in [0.25, 0.3) is 10.6 Å². The third-order valence-electron chi connectivity index (χ3n) is 5.49. The number of benzene rings is 1. The molecule has 0 aliphatic heterocycles. The molecular formula is C23H23N3O2S2. The molecule has 154 valence electrons. The van der Waals surface area contributed by atoms with Crippen LogP contribution < -0.4 is 5.32 Å². The van der Waals surface area contributed by atoms with E-state index in [0.717, 1.165) is 52.4 Å². The number of rotatable bonds is 7. The Kier molecular flexibility index (Phi) is 5.16. The highest BCUT2D eigenvalue weighted by atomic mass is 32.1. The summed E-state index contributed by atoms with van der Waals surface area (Å²) < 4.78 is 0. The molecular weight excluding hydrogens is 414 g/mol. The molecule has 2 aliphatic carbocycles. The first-order valence-corrected chi connectivity index (χ1v) is 12.0. The Labute approximate surface area is 183 Å². The van der Waals surface area contributed by atoms with Gasteiger partial charge in [-0.2, -0.15) is 11.3 Å².